The predicted molar refractivity (Wildman–Crippen MR) is 62.3 cm³/mol. The summed E-state index contributed by atoms with van der Waals surface area (Å²) in [6, 6.07) is 0. The molecule has 6 nitrogen and oxygen atoms in total. The molecule has 0 radical (unpaired) electrons. The second-order valence-corrected chi connectivity index (χ2v) is 4.42. The van der Waals surface area contributed by atoms with Crippen molar-refractivity contribution in [1.82, 2.24) is 0 Å². The zero-order valence-electron chi connectivity index (χ0n) is 9.25. The van der Waals surface area contributed by atoms with Crippen LogP contribution >= 0.6 is 11.8 Å². The van der Waals surface area contributed by atoms with Crippen molar-refractivity contribution in [2.24, 2.45) is 5.41 Å². The van der Waals surface area contributed by atoms with Gasteiger partial charge in [-0.15, -0.1) is 0 Å². The summed E-state index contributed by atoms with van der Waals surface area (Å²) < 4.78 is 0. The summed E-state index contributed by atoms with van der Waals surface area (Å²) in [4.78, 5) is 0. The smallest absolute Gasteiger partial charge is 0.0627 e. The third-order valence-corrected chi connectivity index (χ3v) is 2.76. The van der Waals surface area contributed by atoms with Crippen LogP contribution < -0.4 is 0 Å². The average molecular weight is 258 g/mol. The van der Waals surface area contributed by atoms with E-state index in [9.17, 15) is 0 Å². The van der Waals surface area contributed by atoms with Gasteiger partial charge < -0.3 is 30.6 Å². The van der Waals surface area contributed by atoms with Gasteiger partial charge >= 0.3 is 0 Å². The minimum absolute atomic E-state index is 0.213. The van der Waals surface area contributed by atoms with Crippen molar-refractivity contribution >= 4 is 11.8 Å². The maximum Gasteiger partial charge on any atom is 0.0627 e. The first-order valence-electron chi connectivity index (χ1n) is 4.89. The summed E-state index contributed by atoms with van der Waals surface area (Å²) in [5.41, 5.74) is -1.11. The molecule has 0 saturated heterocycles. The molecule has 7 heteroatoms. The minimum atomic E-state index is -1.11. The SMILES string of the molecule is OCC(CO)(CO)CO.OCCSCCO. The third-order valence-electron chi connectivity index (χ3n) is 1.81. The highest BCUT2D eigenvalue weighted by molar-refractivity contribution is 7.99. The second kappa shape index (κ2) is 13.2. The van der Waals surface area contributed by atoms with Gasteiger partial charge in [0, 0.05) is 11.5 Å². The molecule has 0 aromatic rings. The molecule has 0 aliphatic rings. The van der Waals surface area contributed by atoms with Gasteiger partial charge in [-0.2, -0.15) is 11.8 Å². The van der Waals surface area contributed by atoms with Crippen molar-refractivity contribution in [1.29, 1.82) is 0 Å². The lowest BCUT2D eigenvalue weighted by Gasteiger charge is -2.23. The summed E-state index contributed by atoms with van der Waals surface area (Å²) in [5.74, 6) is 1.47. The highest BCUT2D eigenvalue weighted by Crippen LogP contribution is 2.11. The van der Waals surface area contributed by atoms with Gasteiger partial charge in [-0.25, -0.2) is 0 Å². The summed E-state index contributed by atoms with van der Waals surface area (Å²) >= 11 is 1.55. The van der Waals surface area contributed by atoms with Crippen LogP contribution in [-0.4, -0.2) is 81.8 Å². The Morgan fingerprint density at radius 1 is 0.625 bits per heavy atom. The van der Waals surface area contributed by atoms with Crippen molar-refractivity contribution in [2.45, 2.75) is 0 Å². The maximum atomic E-state index is 8.50. The van der Waals surface area contributed by atoms with Crippen LogP contribution in [0.15, 0.2) is 0 Å². The molecule has 0 rings (SSSR count). The summed E-state index contributed by atoms with van der Waals surface area (Å²) in [6.07, 6.45) is 0. The quantitative estimate of drug-likeness (QED) is 0.269. The average Bonchev–Trinajstić information content (AvgIpc) is 2.34. The van der Waals surface area contributed by atoms with Crippen LogP contribution in [0.5, 0.6) is 0 Å². The Labute approximate surface area is 99.6 Å². The van der Waals surface area contributed by atoms with E-state index in [1.165, 1.54) is 0 Å². The summed E-state index contributed by atoms with van der Waals surface area (Å²) in [7, 11) is 0. The molecule has 0 spiro atoms. The van der Waals surface area contributed by atoms with Gasteiger partial charge in [-0.1, -0.05) is 0 Å². The molecule has 0 saturated carbocycles. The Bertz CT molecular complexity index is 110. The van der Waals surface area contributed by atoms with E-state index in [0.29, 0.717) is 0 Å². The molecule has 0 unspecified atom stereocenters. The lowest BCUT2D eigenvalue weighted by atomic mass is 9.93. The molecule has 0 aliphatic carbocycles. The van der Waals surface area contributed by atoms with E-state index in [2.05, 4.69) is 0 Å². The van der Waals surface area contributed by atoms with E-state index in [0.717, 1.165) is 11.5 Å². The highest BCUT2D eigenvalue weighted by atomic mass is 32.2. The lowest BCUT2D eigenvalue weighted by Crippen LogP contribution is -2.37. The van der Waals surface area contributed by atoms with Crippen LogP contribution in [0.2, 0.25) is 0 Å². The first-order valence-corrected chi connectivity index (χ1v) is 6.04. The fourth-order valence-electron chi connectivity index (χ4n) is 0.531. The molecule has 0 aromatic carbocycles. The molecule has 16 heavy (non-hydrogen) atoms. The van der Waals surface area contributed by atoms with Crippen LogP contribution in [0.3, 0.4) is 0 Å². The Morgan fingerprint density at radius 3 is 1.06 bits per heavy atom. The molecule has 0 fully saturated rings. The van der Waals surface area contributed by atoms with E-state index in [1.807, 2.05) is 0 Å². The number of rotatable bonds is 8. The van der Waals surface area contributed by atoms with Gasteiger partial charge in [0.05, 0.1) is 45.1 Å². The van der Waals surface area contributed by atoms with Gasteiger partial charge in [0.25, 0.3) is 0 Å². The molecular weight excluding hydrogens is 236 g/mol. The van der Waals surface area contributed by atoms with Crippen molar-refractivity contribution < 1.29 is 30.6 Å². The molecule has 0 aromatic heterocycles. The van der Waals surface area contributed by atoms with E-state index >= 15 is 0 Å². The van der Waals surface area contributed by atoms with Crippen molar-refractivity contribution in [3.63, 3.8) is 0 Å². The lowest BCUT2D eigenvalue weighted by molar-refractivity contribution is -0.0328. The molecule has 0 atom stereocenters. The molecule has 0 heterocycles. The van der Waals surface area contributed by atoms with Crippen LogP contribution in [0.25, 0.3) is 0 Å². The normalized spacial score (nSPS) is 10.9. The van der Waals surface area contributed by atoms with E-state index in [1.54, 1.807) is 11.8 Å². The number of aliphatic hydroxyl groups is 6. The Hall–Kier alpha value is 0.110. The zero-order chi connectivity index (χ0) is 12.9. The first-order chi connectivity index (χ1) is 7.66. The topological polar surface area (TPSA) is 121 Å². The van der Waals surface area contributed by atoms with Crippen LogP contribution in [0.1, 0.15) is 0 Å². The largest absolute Gasteiger partial charge is 0.396 e. The molecule has 0 amide bonds. The van der Waals surface area contributed by atoms with Crippen LogP contribution in [-0.2, 0) is 0 Å². The number of thioether (sulfide) groups is 1. The zero-order valence-corrected chi connectivity index (χ0v) is 10.1. The van der Waals surface area contributed by atoms with E-state index < -0.39 is 31.8 Å². The molecular formula is C9H22O6S. The predicted octanol–water partition coefficient (Wildman–Crippen LogP) is -2.35. The monoisotopic (exact) mass is 258 g/mol. The van der Waals surface area contributed by atoms with Gasteiger partial charge in [-0.3, -0.25) is 0 Å². The summed E-state index contributed by atoms with van der Waals surface area (Å²) in [6.45, 7) is -1.20. The fraction of sp³-hybridized carbons (Fsp3) is 1.00. The maximum absolute atomic E-state index is 8.50. The van der Waals surface area contributed by atoms with Gasteiger partial charge in [-0.05, 0) is 0 Å². The third kappa shape index (κ3) is 9.34. The first kappa shape index (κ1) is 18.5. The Balaban J connectivity index is 0. The van der Waals surface area contributed by atoms with E-state index in [-0.39, 0.29) is 13.2 Å². The Kier molecular flexibility index (Phi) is 15.2. The molecule has 0 aliphatic heterocycles. The van der Waals surface area contributed by atoms with Crippen molar-refractivity contribution in [3.8, 4) is 0 Å². The molecule has 100 valence electrons. The molecule has 0 bridgehead atoms. The van der Waals surface area contributed by atoms with Crippen molar-refractivity contribution in [3.05, 3.63) is 0 Å². The van der Waals surface area contributed by atoms with Gasteiger partial charge in [0.1, 0.15) is 0 Å². The van der Waals surface area contributed by atoms with Gasteiger partial charge in [0.15, 0.2) is 0 Å². The Morgan fingerprint density at radius 2 is 0.938 bits per heavy atom. The van der Waals surface area contributed by atoms with Crippen molar-refractivity contribution in [2.75, 3.05) is 51.1 Å². The van der Waals surface area contributed by atoms with E-state index in [4.69, 9.17) is 30.6 Å². The van der Waals surface area contributed by atoms with Gasteiger partial charge in [0.2, 0.25) is 0 Å². The summed E-state index contributed by atoms with van der Waals surface area (Å²) in [5, 5.41) is 50.4. The fourth-order valence-corrected chi connectivity index (χ4v) is 0.993. The number of hydrogen-bond acceptors (Lipinski definition) is 7. The standard InChI is InChI=1S/C5H12O4.C4H10O2S/c6-1-5(2-7,3-8)4-9;5-1-3-7-4-2-6/h6-9H,1-4H2;5-6H,1-4H2. The number of hydrogen-bond donors (Lipinski definition) is 6. The minimum Gasteiger partial charge on any atom is -0.396 e. The van der Waals surface area contributed by atoms with Crippen LogP contribution in [0, 0.1) is 5.41 Å². The molecule has 6 N–H and O–H groups in total. The number of aliphatic hydroxyl groups excluding tert-OH is 6. The second-order valence-electron chi connectivity index (χ2n) is 3.19. The highest BCUT2D eigenvalue weighted by Gasteiger charge is 2.26. The van der Waals surface area contributed by atoms with Crippen LogP contribution in [0.4, 0.5) is 0 Å².